The van der Waals surface area contributed by atoms with Crippen LogP contribution in [0.25, 0.3) is 6.08 Å². The third kappa shape index (κ3) is 5.45. The quantitative estimate of drug-likeness (QED) is 0.387. The molecule has 0 aliphatic rings. The number of nitrogens with zero attached hydrogens (tertiary/aromatic N) is 1. The normalized spacial score (nSPS) is 11.0. The Morgan fingerprint density at radius 2 is 1.83 bits per heavy atom. The molecule has 0 fully saturated rings. The molecule has 0 aromatic heterocycles. The number of carbonyl (C=O) groups is 1. The number of anilines is 1. The molecule has 1 N–H and O–H groups in total. The van der Waals surface area contributed by atoms with Gasteiger partial charge >= 0.3 is 0 Å². The SMILES string of the molecule is N#C/C(=C\c1ccc(Cc2ccccc2F)c(Cl)c1)C(=O)Nc1cccc(Cl)c1. The molecule has 0 heterocycles. The van der Waals surface area contributed by atoms with Crippen LogP contribution in [0, 0.1) is 17.1 Å². The van der Waals surface area contributed by atoms with Crippen molar-refractivity contribution in [2.24, 2.45) is 0 Å². The van der Waals surface area contributed by atoms with Crippen LogP contribution in [0.2, 0.25) is 10.0 Å². The van der Waals surface area contributed by atoms with E-state index in [1.54, 1.807) is 60.7 Å². The van der Waals surface area contributed by atoms with Crippen molar-refractivity contribution in [3.05, 3.63) is 105 Å². The number of nitrogens with one attached hydrogen (secondary N) is 1. The zero-order valence-corrected chi connectivity index (χ0v) is 16.6. The molecule has 0 radical (unpaired) electrons. The average molecular weight is 425 g/mol. The highest BCUT2D eigenvalue weighted by atomic mass is 35.5. The molecule has 3 aromatic carbocycles. The molecule has 6 heteroatoms. The molecule has 0 aliphatic heterocycles. The predicted molar refractivity (Wildman–Crippen MR) is 114 cm³/mol. The molecule has 0 bridgehead atoms. The van der Waals surface area contributed by atoms with Crippen LogP contribution in [0.4, 0.5) is 10.1 Å². The molecule has 3 nitrogen and oxygen atoms in total. The second-order valence-electron chi connectivity index (χ2n) is 6.25. The summed E-state index contributed by atoms with van der Waals surface area (Å²) in [5.41, 5.74) is 2.28. The number of hydrogen-bond acceptors (Lipinski definition) is 2. The fourth-order valence-corrected chi connectivity index (χ4v) is 3.17. The van der Waals surface area contributed by atoms with Gasteiger partial charge in [0.15, 0.2) is 0 Å². The van der Waals surface area contributed by atoms with Gasteiger partial charge in [0.2, 0.25) is 0 Å². The van der Waals surface area contributed by atoms with Crippen LogP contribution in [0.5, 0.6) is 0 Å². The molecular weight excluding hydrogens is 410 g/mol. The van der Waals surface area contributed by atoms with Crippen molar-refractivity contribution in [1.29, 1.82) is 5.26 Å². The minimum absolute atomic E-state index is 0.0807. The van der Waals surface area contributed by atoms with Crippen LogP contribution < -0.4 is 5.32 Å². The lowest BCUT2D eigenvalue weighted by Gasteiger charge is -2.08. The third-order valence-electron chi connectivity index (χ3n) is 4.17. The summed E-state index contributed by atoms with van der Waals surface area (Å²) in [6.45, 7) is 0. The van der Waals surface area contributed by atoms with E-state index in [4.69, 9.17) is 23.2 Å². The van der Waals surface area contributed by atoms with Crippen molar-refractivity contribution in [3.8, 4) is 6.07 Å². The summed E-state index contributed by atoms with van der Waals surface area (Å²) in [4.78, 5) is 12.4. The van der Waals surface area contributed by atoms with Gasteiger partial charge in [-0.25, -0.2) is 4.39 Å². The highest BCUT2D eigenvalue weighted by molar-refractivity contribution is 6.31. The lowest BCUT2D eigenvalue weighted by Crippen LogP contribution is -2.13. The van der Waals surface area contributed by atoms with Gasteiger partial charge in [0.05, 0.1) is 0 Å². The predicted octanol–water partition coefficient (Wildman–Crippen LogP) is 6.27. The Balaban J connectivity index is 1.79. The van der Waals surface area contributed by atoms with E-state index in [2.05, 4.69) is 5.32 Å². The molecule has 0 spiro atoms. The lowest BCUT2D eigenvalue weighted by molar-refractivity contribution is -0.112. The van der Waals surface area contributed by atoms with Crippen molar-refractivity contribution >= 4 is 40.9 Å². The summed E-state index contributed by atoms with van der Waals surface area (Å²) in [6, 6.07) is 20.2. The van der Waals surface area contributed by atoms with E-state index in [9.17, 15) is 14.4 Å². The van der Waals surface area contributed by atoms with Crippen molar-refractivity contribution in [2.75, 3.05) is 5.32 Å². The minimum Gasteiger partial charge on any atom is -0.321 e. The smallest absolute Gasteiger partial charge is 0.266 e. The Morgan fingerprint density at radius 3 is 2.52 bits per heavy atom. The molecule has 3 rings (SSSR count). The molecule has 0 aliphatic carbocycles. The maximum absolute atomic E-state index is 13.9. The summed E-state index contributed by atoms with van der Waals surface area (Å²) >= 11 is 12.2. The number of carbonyl (C=O) groups excluding carboxylic acids is 1. The van der Waals surface area contributed by atoms with Crippen LogP contribution >= 0.6 is 23.2 Å². The van der Waals surface area contributed by atoms with Crippen LogP contribution in [0.15, 0.2) is 72.3 Å². The van der Waals surface area contributed by atoms with Gasteiger partial charge in [-0.15, -0.1) is 0 Å². The summed E-state index contributed by atoms with van der Waals surface area (Å²) in [7, 11) is 0. The molecule has 144 valence electrons. The Kier molecular flexibility index (Phi) is 6.66. The fourth-order valence-electron chi connectivity index (χ4n) is 2.72. The molecule has 3 aromatic rings. The van der Waals surface area contributed by atoms with E-state index in [1.165, 1.54) is 12.1 Å². The molecule has 0 saturated heterocycles. The van der Waals surface area contributed by atoms with E-state index in [0.717, 1.165) is 5.56 Å². The molecule has 0 atom stereocenters. The molecule has 1 amide bonds. The van der Waals surface area contributed by atoms with E-state index < -0.39 is 5.91 Å². The number of benzene rings is 3. The first-order valence-corrected chi connectivity index (χ1v) is 9.42. The Bertz CT molecular complexity index is 1140. The zero-order valence-electron chi connectivity index (χ0n) is 15.1. The van der Waals surface area contributed by atoms with Crippen LogP contribution in [-0.4, -0.2) is 5.91 Å². The van der Waals surface area contributed by atoms with Crippen molar-refractivity contribution in [2.45, 2.75) is 6.42 Å². The van der Waals surface area contributed by atoms with E-state index >= 15 is 0 Å². The summed E-state index contributed by atoms with van der Waals surface area (Å²) in [5.74, 6) is -0.849. The van der Waals surface area contributed by atoms with E-state index in [-0.39, 0.29) is 11.4 Å². The first kappa shape index (κ1) is 20.6. The topological polar surface area (TPSA) is 52.9 Å². The number of amides is 1. The fraction of sp³-hybridized carbons (Fsp3) is 0.0435. The number of nitriles is 1. The van der Waals surface area contributed by atoms with Gasteiger partial charge in [-0.1, -0.05) is 59.6 Å². The average Bonchev–Trinajstić information content (AvgIpc) is 2.69. The van der Waals surface area contributed by atoms with Gasteiger partial charge < -0.3 is 5.32 Å². The number of rotatable bonds is 5. The van der Waals surface area contributed by atoms with E-state index in [0.29, 0.717) is 33.3 Å². The highest BCUT2D eigenvalue weighted by Gasteiger charge is 2.11. The van der Waals surface area contributed by atoms with Gasteiger partial charge in [0, 0.05) is 22.2 Å². The molecular formula is C23H15Cl2FN2O. The number of halogens is 3. The number of hydrogen-bond donors (Lipinski definition) is 1. The third-order valence-corrected chi connectivity index (χ3v) is 4.76. The van der Waals surface area contributed by atoms with Gasteiger partial charge in [-0.05, 0) is 53.1 Å². The second-order valence-corrected chi connectivity index (χ2v) is 7.10. The first-order chi connectivity index (χ1) is 14.0. The standard InChI is InChI=1S/C23H15Cl2FN2O/c24-19-5-3-6-20(13-19)28-23(29)18(14-27)10-15-8-9-16(21(25)11-15)12-17-4-1-2-7-22(17)26/h1-11,13H,12H2,(H,28,29)/b18-10+. The van der Waals surface area contributed by atoms with Crippen molar-refractivity contribution < 1.29 is 9.18 Å². The highest BCUT2D eigenvalue weighted by Crippen LogP contribution is 2.24. The molecule has 29 heavy (non-hydrogen) atoms. The Hall–Kier alpha value is -3.13. The molecule has 0 unspecified atom stereocenters. The Morgan fingerprint density at radius 1 is 1.03 bits per heavy atom. The van der Waals surface area contributed by atoms with E-state index in [1.807, 2.05) is 6.07 Å². The van der Waals surface area contributed by atoms with Gasteiger partial charge in [0.1, 0.15) is 17.5 Å². The van der Waals surface area contributed by atoms with Crippen LogP contribution in [-0.2, 0) is 11.2 Å². The lowest BCUT2D eigenvalue weighted by atomic mass is 10.0. The monoisotopic (exact) mass is 424 g/mol. The summed E-state index contributed by atoms with van der Waals surface area (Å²) < 4.78 is 13.9. The summed E-state index contributed by atoms with van der Waals surface area (Å²) in [5, 5.41) is 12.9. The summed E-state index contributed by atoms with van der Waals surface area (Å²) in [6.07, 6.45) is 1.79. The maximum Gasteiger partial charge on any atom is 0.266 e. The minimum atomic E-state index is -0.554. The largest absolute Gasteiger partial charge is 0.321 e. The van der Waals surface area contributed by atoms with Crippen LogP contribution in [0.3, 0.4) is 0 Å². The molecule has 0 saturated carbocycles. The Labute approximate surface area is 178 Å². The van der Waals surface area contributed by atoms with Crippen LogP contribution in [0.1, 0.15) is 16.7 Å². The van der Waals surface area contributed by atoms with Crippen molar-refractivity contribution in [1.82, 2.24) is 0 Å². The zero-order chi connectivity index (χ0) is 20.8. The first-order valence-electron chi connectivity index (χ1n) is 8.67. The van der Waals surface area contributed by atoms with Crippen molar-refractivity contribution in [3.63, 3.8) is 0 Å². The van der Waals surface area contributed by atoms with Gasteiger partial charge in [0.25, 0.3) is 5.91 Å². The van der Waals surface area contributed by atoms with Gasteiger partial charge in [-0.3, -0.25) is 4.79 Å². The maximum atomic E-state index is 13.9. The van der Waals surface area contributed by atoms with Gasteiger partial charge in [-0.2, -0.15) is 5.26 Å². The second kappa shape index (κ2) is 9.38.